The molecule has 0 spiro atoms. The maximum atomic E-state index is 11.5. The number of ether oxygens (including phenoxy) is 2. The van der Waals surface area contributed by atoms with Crippen molar-refractivity contribution in [2.24, 2.45) is 5.92 Å². The van der Waals surface area contributed by atoms with Crippen LogP contribution in [0.2, 0.25) is 0 Å². The van der Waals surface area contributed by atoms with Crippen molar-refractivity contribution in [2.45, 2.75) is 45.3 Å². The molecule has 0 radical (unpaired) electrons. The minimum Gasteiger partial charge on any atom is -0.480 e. The van der Waals surface area contributed by atoms with Gasteiger partial charge in [0.2, 0.25) is 0 Å². The third-order valence-corrected chi connectivity index (χ3v) is 3.16. The molecule has 0 saturated heterocycles. The van der Waals surface area contributed by atoms with Gasteiger partial charge in [-0.25, -0.2) is 0 Å². The Morgan fingerprint density at radius 3 is 2.56 bits per heavy atom. The monoisotopic (exact) mass is 259 g/mol. The smallest absolute Gasteiger partial charge is 0.326 e. The number of aliphatic carboxylic acids is 1. The first-order valence-corrected chi connectivity index (χ1v) is 6.70. The molecule has 1 atom stereocenters. The van der Waals surface area contributed by atoms with Gasteiger partial charge in [-0.3, -0.25) is 10.1 Å². The Morgan fingerprint density at radius 2 is 2.11 bits per heavy atom. The van der Waals surface area contributed by atoms with Gasteiger partial charge in [0, 0.05) is 0 Å². The largest absolute Gasteiger partial charge is 0.480 e. The number of carboxylic acids is 1. The Balaban J connectivity index is 2.39. The van der Waals surface area contributed by atoms with Crippen molar-refractivity contribution in [3.8, 4) is 0 Å². The minimum atomic E-state index is -0.910. The van der Waals surface area contributed by atoms with Crippen LogP contribution in [0.4, 0.5) is 0 Å². The maximum Gasteiger partial charge on any atom is 0.326 e. The summed E-state index contributed by atoms with van der Waals surface area (Å²) in [6, 6.07) is 0. The van der Waals surface area contributed by atoms with Gasteiger partial charge >= 0.3 is 5.97 Å². The van der Waals surface area contributed by atoms with E-state index in [0.29, 0.717) is 19.8 Å². The van der Waals surface area contributed by atoms with Crippen LogP contribution in [-0.2, 0) is 14.3 Å². The molecule has 0 amide bonds. The van der Waals surface area contributed by atoms with Crippen LogP contribution in [-0.4, -0.2) is 49.1 Å². The van der Waals surface area contributed by atoms with Gasteiger partial charge in [-0.2, -0.15) is 0 Å². The van der Waals surface area contributed by atoms with Gasteiger partial charge in [0.25, 0.3) is 0 Å². The predicted octanol–water partition coefficient (Wildman–Crippen LogP) is 1.27. The Labute approximate surface area is 109 Å². The van der Waals surface area contributed by atoms with Crippen LogP contribution in [0.15, 0.2) is 0 Å². The average Bonchev–Trinajstić information content (AvgIpc) is 3.10. The average molecular weight is 259 g/mol. The van der Waals surface area contributed by atoms with E-state index in [1.54, 1.807) is 0 Å². The van der Waals surface area contributed by atoms with Gasteiger partial charge < -0.3 is 14.6 Å². The molecular formula is C13H25NO4. The zero-order chi connectivity index (χ0) is 13.6. The first-order valence-electron chi connectivity index (χ1n) is 6.70. The summed E-state index contributed by atoms with van der Waals surface area (Å²) in [5, 5.41) is 12.5. The first-order chi connectivity index (χ1) is 8.53. The molecule has 0 bridgehead atoms. The van der Waals surface area contributed by atoms with Crippen molar-refractivity contribution < 1.29 is 19.4 Å². The third kappa shape index (κ3) is 4.23. The van der Waals surface area contributed by atoms with Crippen molar-refractivity contribution in [1.29, 1.82) is 0 Å². The lowest BCUT2D eigenvalue weighted by atomic mass is 9.94. The van der Waals surface area contributed by atoms with Gasteiger partial charge in [0.1, 0.15) is 5.54 Å². The Kier molecular flexibility index (Phi) is 6.05. The van der Waals surface area contributed by atoms with Gasteiger partial charge in [0.15, 0.2) is 0 Å². The highest BCUT2D eigenvalue weighted by Crippen LogP contribution is 2.40. The lowest BCUT2D eigenvalue weighted by Gasteiger charge is -2.30. The number of rotatable bonds is 10. The Morgan fingerprint density at radius 1 is 1.44 bits per heavy atom. The topological polar surface area (TPSA) is 67.8 Å². The summed E-state index contributed by atoms with van der Waals surface area (Å²) >= 11 is 0. The summed E-state index contributed by atoms with van der Waals surface area (Å²) in [5.74, 6) is -0.613. The van der Waals surface area contributed by atoms with Crippen LogP contribution in [0, 0.1) is 5.92 Å². The van der Waals surface area contributed by atoms with E-state index in [4.69, 9.17) is 9.47 Å². The van der Waals surface area contributed by atoms with E-state index in [-0.39, 0.29) is 18.6 Å². The van der Waals surface area contributed by atoms with E-state index in [9.17, 15) is 9.90 Å². The zero-order valence-corrected chi connectivity index (χ0v) is 11.6. The SMILES string of the molecule is CCNC(COCCOC(C)C)(C(=O)O)C1CC1. The van der Waals surface area contributed by atoms with Crippen molar-refractivity contribution in [3.63, 3.8) is 0 Å². The molecule has 2 N–H and O–H groups in total. The Bertz CT molecular complexity index is 266. The molecule has 0 aliphatic heterocycles. The number of likely N-dealkylation sites (N-methyl/N-ethyl adjacent to an activating group) is 1. The fourth-order valence-corrected chi connectivity index (χ4v) is 2.09. The summed E-state index contributed by atoms with van der Waals surface area (Å²) in [6.45, 7) is 7.63. The lowest BCUT2D eigenvalue weighted by Crippen LogP contribution is -2.57. The molecule has 1 rings (SSSR count). The third-order valence-electron chi connectivity index (χ3n) is 3.16. The normalized spacial score (nSPS) is 18.9. The maximum absolute atomic E-state index is 11.5. The second kappa shape index (κ2) is 7.07. The van der Waals surface area contributed by atoms with Crippen molar-refractivity contribution in [3.05, 3.63) is 0 Å². The van der Waals surface area contributed by atoms with Crippen LogP contribution in [0.1, 0.15) is 33.6 Å². The van der Waals surface area contributed by atoms with E-state index < -0.39 is 11.5 Å². The molecule has 0 heterocycles. The zero-order valence-electron chi connectivity index (χ0n) is 11.6. The number of hydrogen-bond donors (Lipinski definition) is 2. The molecule has 1 aliphatic carbocycles. The summed E-state index contributed by atoms with van der Waals surface area (Å²) in [6.07, 6.45) is 2.10. The van der Waals surface area contributed by atoms with E-state index in [2.05, 4.69) is 5.32 Å². The molecule has 5 heteroatoms. The molecule has 0 aromatic rings. The first kappa shape index (κ1) is 15.4. The molecule has 106 valence electrons. The molecule has 1 aliphatic rings. The standard InChI is InChI=1S/C13H25NO4/c1-4-14-13(12(15)16,11-5-6-11)9-17-7-8-18-10(2)3/h10-11,14H,4-9H2,1-3H3,(H,15,16). The van der Waals surface area contributed by atoms with Gasteiger partial charge in [-0.05, 0) is 39.2 Å². The molecular weight excluding hydrogens is 234 g/mol. The molecule has 0 aromatic heterocycles. The predicted molar refractivity (Wildman–Crippen MR) is 68.7 cm³/mol. The van der Waals surface area contributed by atoms with E-state index in [1.165, 1.54) is 0 Å². The molecule has 5 nitrogen and oxygen atoms in total. The highest BCUT2D eigenvalue weighted by atomic mass is 16.5. The highest BCUT2D eigenvalue weighted by molar-refractivity contribution is 5.80. The molecule has 0 aromatic carbocycles. The van der Waals surface area contributed by atoms with Crippen molar-refractivity contribution in [1.82, 2.24) is 5.32 Å². The highest BCUT2D eigenvalue weighted by Gasteiger charge is 2.51. The van der Waals surface area contributed by atoms with Crippen LogP contribution >= 0.6 is 0 Å². The fourth-order valence-electron chi connectivity index (χ4n) is 2.09. The van der Waals surface area contributed by atoms with Gasteiger partial charge in [-0.15, -0.1) is 0 Å². The van der Waals surface area contributed by atoms with Gasteiger partial charge in [0.05, 0.1) is 25.9 Å². The number of carbonyl (C=O) groups is 1. The van der Waals surface area contributed by atoms with Crippen molar-refractivity contribution in [2.75, 3.05) is 26.4 Å². The van der Waals surface area contributed by atoms with Crippen molar-refractivity contribution >= 4 is 5.97 Å². The van der Waals surface area contributed by atoms with Crippen LogP contribution in [0.25, 0.3) is 0 Å². The summed E-state index contributed by atoms with van der Waals surface area (Å²) in [4.78, 5) is 11.5. The van der Waals surface area contributed by atoms with Crippen LogP contribution in [0.5, 0.6) is 0 Å². The molecule has 1 fully saturated rings. The molecule has 18 heavy (non-hydrogen) atoms. The van der Waals surface area contributed by atoms with Crippen LogP contribution < -0.4 is 5.32 Å². The second-order valence-electron chi connectivity index (χ2n) is 5.05. The number of nitrogens with one attached hydrogen (secondary N) is 1. The Hall–Kier alpha value is -0.650. The van der Waals surface area contributed by atoms with E-state index in [0.717, 1.165) is 12.8 Å². The van der Waals surface area contributed by atoms with Crippen LogP contribution in [0.3, 0.4) is 0 Å². The van der Waals surface area contributed by atoms with E-state index in [1.807, 2.05) is 20.8 Å². The molecule has 1 unspecified atom stereocenters. The quantitative estimate of drug-likeness (QED) is 0.578. The lowest BCUT2D eigenvalue weighted by molar-refractivity contribution is -0.149. The summed E-state index contributed by atoms with van der Waals surface area (Å²) < 4.78 is 10.9. The second-order valence-corrected chi connectivity index (χ2v) is 5.05. The summed E-state index contributed by atoms with van der Waals surface area (Å²) in [7, 11) is 0. The van der Waals surface area contributed by atoms with E-state index >= 15 is 0 Å². The fraction of sp³-hybridized carbons (Fsp3) is 0.923. The summed E-state index contributed by atoms with van der Waals surface area (Å²) in [5.41, 5.74) is -0.910. The molecule has 1 saturated carbocycles. The number of carboxylic acid groups (broad SMARTS) is 1. The minimum absolute atomic E-state index is 0.176. The van der Waals surface area contributed by atoms with Gasteiger partial charge in [-0.1, -0.05) is 6.92 Å². The number of hydrogen-bond acceptors (Lipinski definition) is 4.